The molecule has 0 fully saturated rings. The van der Waals surface area contributed by atoms with E-state index in [4.69, 9.17) is 9.26 Å². The second kappa shape index (κ2) is 5.25. The van der Waals surface area contributed by atoms with Gasteiger partial charge in [-0.1, -0.05) is 0 Å². The highest BCUT2D eigenvalue weighted by Crippen LogP contribution is 2.39. The van der Waals surface area contributed by atoms with Crippen molar-refractivity contribution in [2.45, 2.75) is 26.4 Å². The van der Waals surface area contributed by atoms with Gasteiger partial charge in [0.2, 0.25) is 7.37 Å². The largest absolute Gasteiger partial charge is 0.456 e. The Balaban J connectivity index is 2.90. The van der Waals surface area contributed by atoms with Crippen molar-refractivity contribution in [3.05, 3.63) is 29.8 Å². The Morgan fingerprint density at radius 2 is 1.67 bits per heavy atom. The van der Waals surface area contributed by atoms with Gasteiger partial charge in [-0.25, -0.2) is 4.79 Å². The Hall–Kier alpha value is -1.12. The minimum atomic E-state index is -2.77. The molecule has 0 bridgehead atoms. The minimum absolute atomic E-state index is 0.391. The molecule has 0 radical (unpaired) electrons. The summed E-state index contributed by atoms with van der Waals surface area (Å²) in [6, 6.07) is 6.45. The lowest BCUT2D eigenvalue weighted by Crippen LogP contribution is -2.24. The summed E-state index contributed by atoms with van der Waals surface area (Å²) in [5.41, 5.74) is -0.0905. The van der Waals surface area contributed by atoms with Gasteiger partial charge in [-0.3, -0.25) is 4.57 Å². The molecule has 0 aromatic heterocycles. The maximum Gasteiger partial charge on any atom is 0.338 e. The number of benzene rings is 1. The fourth-order valence-electron chi connectivity index (χ4n) is 1.31. The molecule has 0 amide bonds. The van der Waals surface area contributed by atoms with E-state index < -0.39 is 18.9 Å². The summed E-state index contributed by atoms with van der Waals surface area (Å²) in [4.78, 5) is 11.8. The molecule has 1 atom stereocenters. The molecule has 0 aliphatic rings. The molecule has 18 heavy (non-hydrogen) atoms. The number of carbonyl (C=O) groups excluding carboxylic acids is 1. The monoisotopic (exact) mass is 270 g/mol. The number of rotatable bonds is 3. The van der Waals surface area contributed by atoms with Crippen LogP contribution in [0, 0.1) is 0 Å². The van der Waals surface area contributed by atoms with Crippen LogP contribution in [0.25, 0.3) is 0 Å². The highest BCUT2D eigenvalue weighted by Gasteiger charge is 2.20. The van der Waals surface area contributed by atoms with Crippen LogP contribution in [0.5, 0.6) is 0 Å². The van der Waals surface area contributed by atoms with Crippen LogP contribution in [-0.2, 0) is 13.8 Å². The van der Waals surface area contributed by atoms with E-state index >= 15 is 0 Å². The van der Waals surface area contributed by atoms with Gasteiger partial charge < -0.3 is 9.26 Å². The molecule has 0 N–H and O–H groups in total. The molecule has 5 heteroatoms. The Bertz CT molecular complexity index is 471. The predicted molar refractivity (Wildman–Crippen MR) is 71.8 cm³/mol. The average molecular weight is 270 g/mol. The first-order chi connectivity index (χ1) is 8.15. The smallest absolute Gasteiger partial charge is 0.338 e. The summed E-state index contributed by atoms with van der Waals surface area (Å²) in [6.07, 6.45) is 0. The molecule has 0 saturated carbocycles. The molecule has 0 aliphatic carbocycles. The van der Waals surface area contributed by atoms with E-state index in [1.165, 1.54) is 13.8 Å². The molecule has 1 aromatic carbocycles. The van der Waals surface area contributed by atoms with Gasteiger partial charge in [0, 0.05) is 19.1 Å². The predicted octanol–water partition coefficient (Wildman–Crippen LogP) is 2.82. The molecule has 0 heterocycles. The van der Waals surface area contributed by atoms with E-state index in [0.29, 0.717) is 10.9 Å². The topological polar surface area (TPSA) is 52.6 Å². The van der Waals surface area contributed by atoms with Gasteiger partial charge in [-0.2, -0.15) is 0 Å². The van der Waals surface area contributed by atoms with E-state index in [1.807, 2.05) is 20.8 Å². The lowest BCUT2D eigenvalue weighted by atomic mass is 10.2. The Labute approximate surface area is 108 Å². The molecule has 100 valence electrons. The molecular weight excluding hydrogens is 251 g/mol. The van der Waals surface area contributed by atoms with E-state index in [1.54, 1.807) is 24.3 Å². The third-order valence-corrected chi connectivity index (χ3v) is 4.25. The average Bonchev–Trinajstić information content (AvgIpc) is 2.27. The summed E-state index contributed by atoms with van der Waals surface area (Å²) in [5, 5.41) is 0.581. The molecule has 1 rings (SSSR count). The zero-order valence-corrected chi connectivity index (χ0v) is 12.3. The van der Waals surface area contributed by atoms with Gasteiger partial charge in [-0.05, 0) is 45.0 Å². The van der Waals surface area contributed by atoms with E-state index in [2.05, 4.69) is 0 Å². The summed E-state index contributed by atoms with van der Waals surface area (Å²) in [6.45, 7) is 6.97. The number of hydrogen-bond acceptors (Lipinski definition) is 4. The Morgan fingerprint density at radius 1 is 1.17 bits per heavy atom. The van der Waals surface area contributed by atoms with Crippen LogP contribution < -0.4 is 5.30 Å². The summed E-state index contributed by atoms with van der Waals surface area (Å²) in [7, 11) is -1.36. The fourth-order valence-corrected chi connectivity index (χ4v) is 2.21. The van der Waals surface area contributed by atoms with E-state index in [9.17, 15) is 9.36 Å². The van der Waals surface area contributed by atoms with Crippen molar-refractivity contribution < 1.29 is 18.6 Å². The molecule has 1 unspecified atom stereocenters. The second-order valence-corrected chi connectivity index (χ2v) is 7.65. The molecule has 4 nitrogen and oxygen atoms in total. The standard InChI is InChI=1S/C13H19O4P/c1-13(2,3)17-12(14)10-6-8-11(9-7-10)18(5,15)16-4/h6-9H,1-5H3. The van der Waals surface area contributed by atoms with Crippen molar-refractivity contribution in [2.75, 3.05) is 13.8 Å². The first kappa shape index (κ1) is 14.9. The third-order valence-electron chi connectivity index (χ3n) is 2.32. The molecule has 0 saturated heterocycles. The minimum Gasteiger partial charge on any atom is -0.456 e. The van der Waals surface area contributed by atoms with Crippen molar-refractivity contribution in [1.29, 1.82) is 0 Å². The first-order valence-electron chi connectivity index (χ1n) is 5.63. The molecule has 1 aromatic rings. The normalized spacial score (nSPS) is 14.9. The maximum atomic E-state index is 12.0. The van der Waals surface area contributed by atoms with Crippen LogP contribution in [0.2, 0.25) is 0 Å². The van der Waals surface area contributed by atoms with Crippen molar-refractivity contribution in [2.24, 2.45) is 0 Å². The molecule has 0 spiro atoms. The van der Waals surface area contributed by atoms with Crippen molar-refractivity contribution >= 4 is 18.6 Å². The number of esters is 1. The van der Waals surface area contributed by atoms with E-state index in [-0.39, 0.29) is 0 Å². The van der Waals surface area contributed by atoms with Crippen LogP contribution in [-0.4, -0.2) is 25.3 Å². The van der Waals surface area contributed by atoms with Crippen LogP contribution in [0.15, 0.2) is 24.3 Å². The van der Waals surface area contributed by atoms with Crippen molar-refractivity contribution in [3.8, 4) is 0 Å². The lowest BCUT2D eigenvalue weighted by Gasteiger charge is -2.19. The van der Waals surface area contributed by atoms with Gasteiger partial charge in [0.05, 0.1) is 5.56 Å². The number of carbonyl (C=O) groups is 1. The fraction of sp³-hybridized carbons (Fsp3) is 0.462. The highest BCUT2D eigenvalue weighted by molar-refractivity contribution is 7.66. The van der Waals surface area contributed by atoms with Gasteiger partial charge in [0.1, 0.15) is 5.60 Å². The zero-order valence-electron chi connectivity index (χ0n) is 11.4. The number of ether oxygens (including phenoxy) is 1. The van der Waals surface area contributed by atoms with Gasteiger partial charge >= 0.3 is 5.97 Å². The summed E-state index contributed by atoms with van der Waals surface area (Å²) in [5.74, 6) is -0.391. The van der Waals surface area contributed by atoms with Crippen molar-refractivity contribution in [1.82, 2.24) is 0 Å². The highest BCUT2D eigenvalue weighted by atomic mass is 31.2. The van der Waals surface area contributed by atoms with Crippen LogP contribution >= 0.6 is 7.37 Å². The van der Waals surface area contributed by atoms with Crippen LogP contribution in [0.1, 0.15) is 31.1 Å². The summed E-state index contributed by atoms with van der Waals surface area (Å²) >= 11 is 0. The quantitative estimate of drug-likeness (QED) is 0.626. The second-order valence-electron chi connectivity index (χ2n) is 5.08. The Morgan fingerprint density at radius 3 is 2.06 bits per heavy atom. The van der Waals surface area contributed by atoms with Gasteiger partial charge in [0.15, 0.2) is 0 Å². The molecular formula is C13H19O4P. The van der Waals surface area contributed by atoms with Crippen LogP contribution in [0.4, 0.5) is 0 Å². The number of hydrogen-bond donors (Lipinski definition) is 0. The van der Waals surface area contributed by atoms with Gasteiger partial charge in [-0.15, -0.1) is 0 Å². The third kappa shape index (κ3) is 3.97. The van der Waals surface area contributed by atoms with Gasteiger partial charge in [0.25, 0.3) is 0 Å². The lowest BCUT2D eigenvalue weighted by molar-refractivity contribution is 0.00695. The zero-order chi connectivity index (χ0) is 14.0. The maximum absolute atomic E-state index is 12.0. The SMILES string of the molecule is COP(C)(=O)c1ccc(C(=O)OC(C)(C)C)cc1. The first-order valence-corrected chi connectivity index (χ1v) is 7.70. The molecule has 0 aliphatic heterocycles. The van der Waals surface area contributed by atoms with E-state index in [0.717, 1.165) is 0 Å². The summed E-state index contributed by atoms with van der Waals surface area (Å²) < 4.78 is 22.1. The van der Waals surface area contributed by atoms with Crippen molar-refractivity contribution in [3.63, 3.8) is 0 Å². The Kier molecular flexibility index (Phi) is 4.36. The van der Waals surface area contributed by atoms with Crippen LogP contribution in [0.3, 0.4) is 0 Å².